The minimum Gasteiger partial charge on any atom is -0.490 e. The Hall–Kier alpha value is -2.39. The van der Waals surface area contributed by atoms with Gasteiger partial charge in [-0.1, -0.05) is 30.3 Å². The molecule has 5 rings (SSSR count). The molecule has 0 amide bonds. The fourth-order valence-corrected chi connectivity index (χ4v) is 4.93. The maximum atomic E-state index is 6.44. The second-order valence-corrected chi connectivity index (χ2v) is 8.17. The van der Waals surface area contributed by atoms with E-state index in [1.165, 1.54) is 48.9 Å². The highest BCUT2D eigenvalue weighted by molar-refractivity contribution is 5.84. The van der Waals surface area contributed by atoms with Gasteiger partial charge in [0.25, 0.3) is 0 Å². The normalized spacial score (nSPS) is 25.4. The Morgan fingerprint density at radius 2 is 1.81 bits per heavy atom. The Balaban J connectivity index is 1.34. The molecule has 0 spiro atoms. The summed E-state index contributed by atoms with van der Waals surface area (Å²) in [5.41, 5.74) is 3.44. The van der Waals surface area contributed by atoms with Gasteiger partial charge in [-0.25, -0.2) is 0 Å². The third-order valence-electron chi connectivity index (χ3n) is 6.30. The van der Waals surface area contributed by atoms with Crippen molar-refractivity contribution in [3.05, 3.63) is 60.8 Å². The molecule has 2 aliphatic rings. The number of aromatic nitrogens is 1. The summed E-state index contributed by atoms with van der Waals surface area (Å²) in [6.45, 7) is 2.41. The molecule has 3 atom stereocenters. The van der Waals surface area contributed by atoms with E-state index in [4.69, 9.17) is 4.74 Å². The van der Waals surface area contributed by atoms with Crippen molar-refractivity contribution in [2.45, 2.75) is 25.4 Å². The Bertz CT molecular complexity index is 937. The van der Waals surface area contributed by atoms with Gasteiger partial charge in [0.1, 0.15) is 11.9 Å². The molecule has 1 aromatic heterocycles. The minimum absolute atomic E-state index is 0.365. The van der Waals surface area contributed by atoms with Crippen LogP contribution in [0.4, 0.5) is 0 Å². The lowest BCUT2D eigenvalue weighted by Crippen LogP contribution is -2.36. The summed E-state index contributed by atoms with van der Waals surface area (Å²) < 4.78 is 6.44. The molecule has 2 fully saturated rings. The van der Waals surface area contributed by atoms with Crippen LogP contribution < -0.4 is 4.74 Å². The zero-order valence-electron chi connectivity index (χ0n) is 15.8. The second-order valence-electron chi connectivity index (χ2n) is 8.17. The van der Waals surface area contributed by atoms with Gasteiger partial charge in [0.05, 0.1) is 5.52 Å². The molecule has 2 heterocycles. The molecule has 27 heavy (non-hydrogen) atoms. The molecule has 1 aliphatic heterocycles. The summed E-state index contributed by atoms with van der Waals surface area (Å²) >= 11 is 0. The van der Waals surface area contributed by atoms with Crippen molar-refractivity contribution >= 4 is 10.9 Å². The van der Waals surface area contributed by atoms with Crippen LogP contribution in [0.3, 0.4) is 0 Å². The summed E-state index contributed by atoms with van der Waals surface area (Å²) in [6, 6.07) is 19.1. The van der Waals surface area contributed by atoms with Gasteiger partial charge in [-0.05, 0) is 67.6 Å². The van der Waals surface area contributed by atoms with Gasteiger partial charge in [-0.3, -0.25) is 4.98 Å². The van der Waals surface area contributed by atoms with Gasteiger partial charge in [0.15, 0.2) is 0 Å². The molecule has 1 saturated heterocycles. The van der Waals surface area contributed by atoms with Crippen LogP contribution >= 0.6 is 0 Å². The SMILES string of the molecule is CN1CC2CCCC(Oc3ccc(-c4ccc5cccnc5c4)cc3)C2C1. The topological polar surface area (TPSA) is 25.4 Å². The maximum Gasteiger partial charge on any atom is 0.119 e. The predicted molar refractivity (Wildman–Crippen MR) is 110 cm³/mol. The summed E-state index contributed by atoms with van der Waals surface area (Å²) in [6.07, 6.45) is 6.06. The number of benzene rings is 2. The van der Waals surface area contributed by atoms with Crippen LogP contribution in [-0.2, 0) is 0 Å². The average molecular weight is 358 g/mol. The first-order valence-corrected chi connectivity index (χ1v) is 10.1. The van der Waals surface area contributed by atoms with E-state index in [0.717, 1.165) is 17.2 Å². The highest BCUT2D eigenvalue weighted by Crippen LogP contribution is 2.38. The Labute approximate surface area is 161 Å². The lowest BCUT2D eigenvalue weighted by Gasteiger charge is -2.33. The number of fused-ring (bicyclic) bond motifs is 2. The van der Waals surface area contributed by atoms with E-state index in [2.05, 4.69) is 65.5 Å². The van der Waals surface area contributed by atoms with Crippen LogP contribution in [0.15, 0.2) is 60.8 Å². The number of rotatable bonds is 3. The number of hydrogen-bond acceptors (Lipinski definition) is 3. The standard InChI is InChI=1S/C24H26N2O/c1-26-15-20-4-2-6-24(22(20)16-26)27-21-11-9-17(10-12-21)19-8-7-18-5-3-13-25-23(18)14-19/h3,5,7-14,20,22,24H,2,4,6,15-16H2,1H3. The number of hydrogen-bond donors (Lipinski definition) is 0. The molecule has 3 nitrogen and oxygen atoms in total. The van der Waals surface area contributed by atoms with Crippen molar-refractivity contribution in [3.63, 3.8) is 0 Å². The fourth-order valence-electron chi connectivity index (χ4n) is 4.93. The van der Waals surface area contributed by atoms with E-state index >= 15 is 0 Å². The molecule has 1 aliphatic carbocycles. The molecule has 2 aromatic carbocycles. The molecule has 0 radical (unpaired) electrons. The molecule has 1 saturated carbocycles. The van der Waals surface area contributed by atoms with E-state index in [1.54, 1.807) is 0 Å². The number of likely N-dealkylation sites (tertiary alicyclic amines) is 1. The van der Waals surface area contributed by atoms with Crippen LogP contribution in [0, 0.1) is 11.8 Å². The summed E-state index contributed by atoms with van der Waals surface area (Å²) in [4.78, 5) is 6.94. The molecule has 3 heteroatoms. The van der Waals surface area contributed by atoms with Crippen LogP contribution in [0.5, 0.6) is 5.75 Å². The highest BCUT2D eigenvalue weighted by atomic mass is 16.5. The van der Waals surface area contributed by atoms with Crippen molar-refractivity contribution in [1.82, 2.24) is 9.88 Å². The predicted octanol–water partition coefficient (Wildman–Crippen LogP) is 5.01. The second kappa shape index (κ2) is 6.97. The first-order valence-electron chi connectivity index (χ1n) is 10.1. The molecule has 138 valence electrons. The molecular weight excluding hydrogens is 332 g/mol. The van der Waals surface area contributed by atoms with E-state index < -0.39 is 0 Å². The Kier molecular flexibility index (Phi) is 4.33. The van der Waals surface area contributed by atoms with Gasteiger partial charge in [-0.15, -0.1) is 0 Å². The van der Waals surface area contributed by atoms with E-state index in [-0.39, 0.29) is 0 Å². The monoisotopic (exact) mass is 358 g/mol. The summed E-state index contributed by atoms with van der Waals surface area (Å²) in [7, 11) is 2.24. The fraction of sp³-hybridized carbons (Fsp3) is 0.375. The quantitative estimate of drug-likeness (QED) is 0.658. The van der Waals surface area contributed by atoms with Crippen LogP contribution in [0.25, 0.3) is 22.0 Å². The van der Waals surface area contributed by atoms with E-state index in [1.807, 2.05) is 12.3 Å². The van der Waals surface area contributed by atoms with Crippen LogP contribution in [-0.4, -0.2) is 36.1 Å². The summed E-state index contributed by atoms with van der Waals surface area (Å²) in [5.74, 6) is 2.51. The lowest BCUT2D eigenvalue weighted by atomic mass is 9.79. The van der Waals surface area contributed by atoms with Gasteiger partial charge < -0.3 is 9.64 Å². The third kappa shape index (κ3) is 3.32. The van der Waals surface area contributed by atoms with Crippen molar-refractivity contribution in [2.75, 3.05) is 20.1 Å². The highest BCUT2D eigenvalue weighted by Gasteiger charge is 2.40. The third-order valence-corrected chi connectivity index (χ3v) is 6.30. The van der Waals surface area contributed by atoms with Crippen molar-refractivity contribution in [1.29, 1.82) is 0 Å². The van der Waals surface area contributed by atoms with Crippen molar-refractivity contribution < 1.29 is 4.74 Å². The number of nitrogens with zero attached hydrogens (tertiary/aromatic N) is 2. The van der Waals surface area contributed by atoms with E-state index in [9.17, 15) is 0 Å². The van der Waals surface area contributed by atoms with Crippen molar-refractivity contribution in [2.24, 2.45) is 11.8 Å². The van der Waals surface area contributed by atoms with Gasteiger partial charge in [0, 0.05) is 30.6 Å². The smallest absolute Gasteiger partial charge is 0.119 e. The first kappa shape index (κ1) is 16.8. The number of ether oxygens (including phenoxy) is 1. The molecular formula is C24H26N2O. The minimum atomic E-state index is 0.365. The van der Waals surface area contributed by atoms with Gasteiger partial charge in [-0.2, -0.15) is 0 Å². The molecule has 0 N–H and O–H groups in total. The first-order chi connectivity index (χ1) is 13.3. The summed E-state index contributed by atoms with van der Waals surface area (Å²) in [5, 5.41) is 1.18. The van der Waals surface area contributed by atoms with Gasteiger partial charge in [0.2, 0.25) is 0 Å². The number of pyridine rings is 1. The zero-order valence-corrected chi connectivity index (χ0v) is 15.8. The van der Waals surface area contributed by atoms with Crippen LogP contribution in [0.1, 0.15) is 19.3 Å². The maximum absolute atomic E-state index is 6.44. The van der Waals surface area contributed by atoms with Crippen LogP contribution in [0.2, 0.25) is 0 Å². The largest absolute Gasteiger partial charge is 0.490 e. The average Bonchev–Trinajstić information content (AvgIpc) is 3.09. The van der Waals surface area contributed by atoms with Crippen molar-refractivity contribution in [3.8, 4) is 16.9 Å². The lowest BCUT2D eigenvalue weighted by molar-refractivity contribution is 0.0764. The Morgan fingerprint density at radius 1 is 0.963 bits per heavy atom. The molecule has 3 aromatic rings. The molecule has 0 bridgehead atoms. The Morgan fingerprint density at radius 3 is 2.70 bits per heavy atom. The van der Waals surface area contributed by atoms with E-state index in [0.29, 0.717) is 12.0 Å². The molecule has 3 unspecified atom stereocenters. The zero-order chi connectivity index (χ0) is 18.2. The van der Waals surface area contributed by atoms with Gasteiger partial charge >= 0.3 is 0 Å².